The third-order valence-electron chi connectivity index (χ3n) is 3.36. The van der Waals surface area contributed by atoms with Gasteiger partial charge in [-0.05, 0) is 63.9 Å². The van der Waals surface area contributed by atoms with Crippen LogP contribution in [0.3, 0.4) is 0 Å². The van der Waals surface area contributed by atoms with Crippen LogP contribution in [0, 0.1) is 6.92 Å². The molecule has 2 N–H and O–H groups in total. The van der Waals surface area contributed by atoms with Gasteiger partial charge in [-0.25, -0.2) is 4.79 Å². The second kappa shape index (κ2) is 7.86. The maximum Gasteiger partial charge on any atom is 0.319 e. The lowest BCUT2D eigenvalue weighted by molar-refractivity contribution is 0.131. The zero-order valence-corrected chi connectivity index (χ0v) is 14.8. The highest BCUT2D eigenvalue weighted by molar-refractivity contribution is 5.89. The van der Waals surface area contributed by atoms with Crippen LogP contribution in [-0.2, 0) is 6.42 Å². The quantitative estimate of drug-likeness (QED) is 0.847. The molecule has 4 heteroatoms. The van der Waals surface area contributed by atoms with Crippen molar-refractivity contribution in [1.29, 1.82) is 0 Å². The van der Waals surface area contributed by atoms with Crippen LogP contribution in [0.2, 0.25) is 0 Å². The summed E-state index contributed by atoms with van der Waals surface area (Å²) in [6, 6.07) is 15.5. The number of urea groups is 1. The molecule has 0 aromatic heterocycles. The first-order valence-corrected chi connectivity index (χ1v) is 8.21. The molecule has 0 radical (unpaired) electrons. The summed E-state index contributed by atoms with van der Waals surface area (Å²) in [5, 5.41) is 5.69. The predicted octanol–water partition coefficient (Wildman–Crippen LogP) is 4.54. The van der Waals surface area contributed by atoms with Crippen molar-refractivity contribution in [2.45, 2.75) is 39.7 Å². The van der Waals surface area contributed by atoms with Gasteiger partial charge in [0.25, 0.3) is 0 Å². The Bertz CT molecular complexity index is 656. The fraction of sp³-hybridized carbons (Fsp3) is 0.350. The van der Waals surface area contributed by atoms with Crippen LogP contribution < -0.4 is 15.4 Å². The van der Waals surface area contributed by atoms with Gasteiger partial charge in [-0.15, -0.1) is 0 Å². The van der Waals surface area contributed by atoms with Crippen molar-refractivity contribution in [3.8, 4) is 5.75 Å². The minimum Gasteiger partial charge on any atom is -0.488 e. The van der Waals surface area contributed by atoms with Gasteiger partial charge >= 0.3 is 6.03 Å². The van der Waals surface area contributed by atoms with E-state index in [9.17, 15) is 4.79 Å². The van der Waals surface area contributed by atoms with Crippen molar-refractivity contribution in [3.05, 3.63) is 59.7 Å². The normalized spacial score (nSPS) is 11.0. The molecule has 0 fully saturated rings. The van der Waals surface area contributed by atoms with Crippen LogP contribution in [0.1, 0.15) is 31.9 Å². The number of rotatable bonds is 5. The number of hydrogen-bond donors (Lipinski definition) is 2. The third-order valence-corrected chi connectivity index (χ3v) is 3.36. The van der Waals surface area contributed by atoms with E-state index in [-0.39, 0.29) is 11.6 Å². The molecule has 2 aromatic rings. The zero-order valence-electron chi connectivity index (χ0n) is 14.8. The van der Waals surface area contributed by atoms with Crippen LogP contribution >= 0.6 is 0 Å². The molecule has 0 heterocycles. The predicted molar refractivity (Wildman–Crippen MR) is 98.7 cm³/mol. The highest BCUT2D eigenvalue weighted by Gasteiger charge is 2.11. The van der Waals surface area contributed by atoms with Crippen LogP contribution in [0.25, 0.3) is 0 Å². The first kappa shape index (κ1) is 17.9. The average molecular weight is 326 g/mol. The first-order chi connectivity index (χ1) is 11.3. The molecule has 0 saturated heterocycles. The summed E-state index contributed by atoms with van der Waals surface area (Å²) in [6.45, 7) is 8.66. The van der Waals surface area contributed by atoms with E-state index < -0.39 is 0 Å². The van der Waals surface area contributed by atoms with E-state index in [4.69, 9.17) is 4.74 Å². The molecule has 2 rings (SSSR count). The number of carbonyl (C=O) groups excluding carboxylic acids is 1. The summed E-state index contributed by atoms with van der Waals surface area (Å²) in [6.07, 6.45) is 0.812. The van der Waals surface area contributed by atoms with Crippen molar-refractivity contribution in [1.82, 2.24) is 5.32 Å². The Morgan fingerprint density at radius 3 is 2.21 bits per heavy atom. The molecule has 0 bridgehead atoms. The zero-order chi connectivity index (χ0) is 17.6. The Balaban J connectivity index is 1.76. The molecule has 0 saturated carbocycles. The number of nitrogens with one attached hydrogen (secondary N) is 2. The van der Waals surface area contributed by atoms with Gasteiger partial charge in [0.15, 0.2) is 0 Å². The van der Waals surface area contributed by atoms with Crippen molar-refractivity contribution >= 4 is 11.7 Å². The fourth-order valence-electron chi connectivity index (χ4n) is 2.21. The standard InChI is InChI=1S/C20H26N2O2/c1-15-5-7-16(8-6-15)13-14-21-19(23)22-17-9-11-18(12-10-17)24-20(2,3)4/h5-12H,13-14H2,1-4H3,(H2,21,22,23). The van der Waals surface area contributed by atoms with Gasteiger partial charge in [-0.3, -0.25) is 0 Å². The molecule has 128 valence electrons. The van der Waals surface area contributed by atoms with Crippen LogP contribution in [0.4, 0.5) is 10.5 Å². The summed E-state index contributed by atoms with van der Waals surface area (Å²) >= 11 is 0. The van der Waals surface area contributed by atoms with E-state index in [2.05, 4.69) is 41.8 Å². The van der Waals surface area contributed by atoms with Crippen LogP contribution in [0.15, 0.2) is 48.5 Å². The van der Waals surface area contributed by atoms with E-state index in [1.165, 1.54) is 11.1 Å². The van der Waals surface area contributed by atoms with Crippen molar-refractivity contribution in [2.75, 3.05) is 11.9 Å². The lowest BCUT2D eigenvalue weighted by Crippen LogP contribution is -2.30. The van der Waals surface area contributed by atoms with E-state index >= 15 is 0 Å². The maximum atomic E-state index is 11.9. The highest BCUT2D eigenvalue weighted by Crippen LogP contribution is 2.20. The summed E-state index contributed by atoms with van der Waals surface area (Å²) in [7, 11) is 0. The molecule has 0 spiro atoms. The Labute approximate surface area is 144 Å². The Hall–Kier alpha value is -2.49. The molecule has 0 aliphatic heterocycles. The van der Waals surface area contributed by atoms with Gasteiger partial charge in [-0.2, -0.15) is 0 Å². The topological polar surface area (TPSA) is 50.4 Å². The van der Waals surface area contributed by atoms with Gasteiger partial charge in [0.2, 0.25) is 0 Å². The number of hydrogen-bond acceptors (Lipinski definition) is 2. The summed E-state index contributed by atoms with van der Waals surface area (Å²) in [5.74, 6) is 0.785. The molecule has 24 heavy (non-hydrogen) atoms. The second-order valence-corrected chi connectivity index (χ2v) is 6.86. The van der Waals surface area contributed by atoms with Crippen LogP contribution in [0.5, 0.6) is 5.75 Å². The Morgan fingerprint density at radius 1 is 1.00 bits per heavy atom. The minimum absolute atomic E-state index is 0.202. The number of aryl methyl sites for hydroxylation is 1. The minimum atomic E-state index is -0.234. The molecule has 0 unspecified atom stereocenters. The lowest BCUT2D eigenvalue weighted by atomic mass is 10.1. The monoisotopic (exact) mass is 326 g/mol. The number of anilines is 1. The third kappa shape index (κ3) is 6.32. The van der Waals surface area contributed by atoms with Gasteiger partial charge in [0, 0.05) is 12.2 Å². The van der Waals surface area contributed by atoms with Crippen molar-refractivity contribution < 1.29 is 9.53 Å². The van der Waals surface area contributed by atoms with Gasteiger partial charge in [0.05, 0.1) is 0 Å². The van der Waals surface area contributed by atoms with Crippen molar-refractivity contribution in [2.24, 2.45) is 0 Å². The van der Waals surface area contributed by atoms with E-state index in [0.29, 0.717) is 6.54 Å². The molecule has 0 aliphatic carbocycles. The number of ether oxygens (including phenoxy) is 1. The Morgan fingerprint density at radius 2 is 1.62 bits per heavy atom. The summed E-state index contributed by atoms with van der Waals surface area (Å²) in [5.41, 5.74) is 2.96. The SMILES string of the molecule is Cc1ccc(CCNC(=O)Nc2ccc(OC(C)(C)C)cc2)cc1. The summed E-state index contributed by atoms with van der Waals surface area (Å²) in [4.78, 5) is 11.9. The molecule has 0 aliphatic rings. The van der Waals surface area contributed by atoms with Crippen LogP contribution in [-0.4, -0.2) is 18.2 Å². The van der Waals surface area contributed by atoms with E-state index in [1.807, 2.05) is 45.0 Å². The van der Waals surface area contributed by atoms with Gasteiger partial charge in [0.1, 0.15) is 11.4 Å². The van der Waals surface area contributed by atoms with Gasteiger partial charge < -0.3 is 15.4 Å². The number of carbonyl (C=O) groups is 1. The molecule has 0 atom stereocenters. The number of amides is 2. The van der Waals surface area contributed by atoms with E-state index in [0.717, 1.165) is 17.9 Å². The second-order valence-electron chi connectivity index (χ2n) is 6.86. The maximum absolute atomic E-state index is 11.9. The fourth-order valence-corrected chi connectivity index (χ4v) is 2.21. The molecule has 2 amide bonds. The van der Waals surface area contributed by atoms with Gasteiger partial charge in [-0.1, -0.05) is 29.8 Å². The smallest absolute Gasteiger partial charge is 0.319 e. The highest BCUT2D eigenvalue weighted by atomic mass is 16.5. The number of benzene rings is 2. The average Bonchev–Trinajstić information content (AvgIpc) is 2.50. The lowest BCUT2D eigenvalue weighted by Gasteiger charge is -2.21. The molecular weight excluding hydrogens is 300 g/mol. The van der Waals surface area contributed by atoms with Crippen molar-refractivity contribution in [3.63, 3.8) is 0 Å². The Kier molecular flexibility index (Phi) is 5.85. The molecule has 4 nitrogen and oxygen atoms in total. The molecule has 2 aromatic carbocycles. The largest absolute Gasteiger partial charge is 0.488 e. The summed E-state index contributed by atoms with van der Waals surface area (Å²) < 4.78 is 5.76. The molecular formula is C20H26N2O2. The van der Waals surface area contributed by atoms with E-state index in [1.54, 1.807) is 0 Å². The first-order valence-electron chi connectivity index (χ1n) is 8.21.